The molecule has 2 aromatic rings. The fourth-order valence-electron chi connectivity index (χ4n) is 7.56. The van der Waals surface area contributed by atoms with Crippen LogP contribution in [0.25, 0.3) is 11.1 Å². The first-order valence-electron chi connectivity index (χ1n) is 11.3. The fraction of sp³-hybridized carbons (Fsp3) is 0.462. The van der Waals surface area contributed by atoms with Crippen LogP contribution in [0.1, 0.15) is 55.6 Å². The molecule has 0 heterocycles. The first-order valence-corrected chi connectivity index (χ1v) is 11.3. The molecule has 5 aliphatic rings. The second kappa shape index (κ2) is 6.44. The third kappa shape index (κ3) is 2.59. The summed E-state index contributed by atoms with van der Waals surface area (Å²) in [5.74, 6) is 1.43. The van der Waals surface area contributed by atoms with Crippen LogP contribution in [0.4, 0.5) is 0 Å². The van der Waals surface area contributed by atoms with Crippen molar-refractivity contribution in [3.8, 4) is 11.1 Å². The second-order valence-corrected chi connectivity index (χ2v) is 10.2. The van der Waals surface area contributed by atoms with Crippen molar-refractivity contribution in [2.75, 3.05) is 0 Å². The van der Waals surface area contributed by atoms with Gasteiger partial charge < -0.3 is 11.1 Å². The lowest BCUT2D eigenvalue weighted by Crippen LogP contribution is -2.58. The topological polar surface area (TPSA) is 72.2 Å². The normalized spacial score (nSPS) is 31.8. The van der Waals surface area contributed by atoms with Crippen LogP contribution in [0.5, 0.6) is 0 Å². The smallest absolute Gasteiger partial charge is 0.240 e. The van der Waals surface area contributed by atoms with Crippen LogP contribution < -0.4 is 11.1 Å². The van der Waals surface area contributed by atoms with Gasteiger partial charge in [-0.3, -0.25) is 9.59 Å². The summed E-state index contributed by atoms with van der Waals surface area (Å²) in [4.78, 5) is 26.3. The Labute approximate surface area is 177 Å². The second-order valence-electron chi connectivity index (χ2n) is 10.2. The average molecular weight is 401 g/mol. The Morgan fingerprint density at radius 2 is 1.30 bits per heavy atom. The molecule has 2 aromatic carbocycles. The van der Waals surface area contributed by atoms with E-state index in [1.807, 2.05) is 24.3 Å². The minimum Gasteiger partial charge on any atom is -0.368 e. The molecule has 4 heteroatoms. The quantitative estimate of drug-likeness (QED) is 0.815. The zero-order valence-corrected chi connectivity index (χ0v) is 17.1. The summed E-state index contributed by atoms with van der Waals surface area (Å²) in [6.45, 7) is 0. The number of rotatable bonds is 4. The lowest BCUT2D eigenvalue weighted by Gasteiger charge is -2.55. The van der Waals surface area contributed by atoms with Gasteiger partial charge in [0.15, 0.2) is 0 Å². The van der Waals surface area contributed by atoms with Gasteiger partial charge in [-0.15, -0.1) is 0 Å². The van der Waals surface area contributed by atoms with E-state index >= 15 is 0 Å². The predicted molar refractivity (Wildman–Crippen MR) is 115 cm³/mol. The van der Waals surface area contributed by atoms with E-state index in [0.717, 1.165) is 41.5 Å². The van der Waals surface area contributed by atoms with Gasteiger partial charge >= 0.3 is 0 Å². The Morgan fingerprint density at radius 1 is 0.833 bits per heavy atom. The van der Waals surface area contributed by atoms with E-state index in [9.17, 15) is 9.59 Å². The molecule has 7 rings (SSSR count). The Balaban J connectivity index is 1.36. The van der Waals surface area contributed by atoms with E-state index in [4.69, 9.17) is 5.73 Å². The maximum atomic E-state index is 13.7. The van der Waals surface area contributed by atoms with Gasteiger partial charge in [-0.2, -0.15) is 0 Å². The predicted octanol–water partition coefficient (Wildman–Crippen LogP) is 3.99. The first kappa shape index (κ1) is 18.2. The van der Waals surface area contributed by atoms with Gasteiger partial charge in [0.1, 0.15) is 6.04 Å². The van der Waals surface area contributed by atoms with Crippen molar-refractivity contribution in [2.24, 2.45) is 28.9 Å². The summed E-state index contributed by atoms with van der Waals surface area (Å²) in [6, 6.07) is 15.6. The highest BCUT2D eigenvalue weighted by Gasteiger charge is 2.55. The number of carbonyl (C=O) groups is 2. The van der Waals surface area contributed by atoms with E-state index in [-0.39, 0.29) is 17.2 Å². The molecule has 4 nitrogen and oxygen atoms in total. The van der Waals surface area contributed by atoms with Gasteiger partial charge in [0.05, 0.1) is 0 Å². The van der Waals surface area contributed by atoms with Gasteiger partial charge in [0.25, 0.3) is 0 Å². The van der Waals surface area contributed by atoms with Crippen LogP contribution in [-0.4, -0.2) is 17.9 Å². The summed E-state index contributed by atoms with van der Waals surface area (Å²) in [7, 11) is 0. The van der Waals surface area contributed by atoms with Crippen molar-refractivity contribution < 1.29 is 9.59 Å². The largest absolute Gasteiger partial charge is 0.368 e. The molecule has 2 amide bonds. The zero-order valence-electron chi connectivity index (χ0n) is 17.1. The molecule has 1 atom stereocenters. The summed E-state index contributed by atoms with van der Waals surface area (Å²) >= 11 is 0. The molecule has 0 radical (unpaired) electrons. The van der Waals surface area contributed by atoms with E-state index in [1.165, 1.54) is 19.3 Å². The standard InChI is InChI=1S/C26H28N2O2/c27-24(29)23(22-20-7-3-1-5-18(20)19-6-2-4-8-21(19)22)28-25(30)26-12-15-9-16(13-26)11-17(10-15)14-26/h1-8,15-17,22-23H,9-14H2,(H2,27,29)(H,28,30)/t15?,16?,17?,23-,26?/m1/s1. The lowest BCUT2D eigenvalue weighted by atomic mass is 9.49. The minimum atomic E-state index is -0.727. The van der Waals surface area contributed by atoms with Crippen LogP contribution in [-0.2, 0) is 9.59 Å². The third-order valence-electron chi connectivity index (χ3n) is 8.33. The molecular formula is C26H28N2O2. The molecule has 0 aromatic heterocycles. The molecule has 5 aliphatic carbocycles. The van der Waals surface area contributed by atoms with Gasteiger partial charge in [-0.25, -0.2) is 0 Å². The third-order valence-corrected chi connectivity index (χ3v) is 8.33. The highest BCUT2D eigenvalue weighted by atomic mass is 16.2. The number of benzene rings is 2. The molecular weight excluding hydrogens is 372 g/mol. The minimum absolute atomic E-state index is 0.0623. The summed E-state index contributed by atoms with van der Waals surface area (Å²) in [6.07, 6.45) is 6.80. The number of nitrogens with two attached hydrogens (primary N) is 1. The van der Waals surface area contributed by atoms with Crippen LogP contribution in [0.3, 0.4) is 0 Å². The van der Waals surface area contributed by atoms with Gasteiger partial charge in [0.2, 0.25) is 11.8 Å². The molecule has 30 heavy (non-hydrogen) atoms. The molecule has 154 valence electrons. The van der Waals surface area contributed by atoms with Crippen molar-refractivity contribution in [1.29, 1.82) is 0 Å². The Morgan fingerprint density at radius 3 is 1.77 bits per heavy atom. The maximum absolute atomic E-state index is 13.7. The fourth-order valence-corrected chi connectivity index (χ4v) is 7.56. The van der Waals surface area contributed by atoms with E-state index < -0.39 is 11.9 Å². The SMILES string of the molecule is NC(=O)[C@H](NC(=O)C12CC3CC(CC(C3)C1)C2)C1c2ccccc2-c2ccccc21. The van der Waals surface area contributed by atoms with Crippen LogP contribution in [0.2, 0.25) is 0 Å². The van der Waals surface area contributed by atoms with Crippen molar-refractivity contribution >= 4 is 11.8 Å². The summed E-state index contributed by atoms with van der Waals surface area (Å²) in [5.41, 5.74) is 10.0. The summed E-state index contributed by atoms with van der Waals surface area (Å²) < 4.78 is 0. The number of nitrogens with one attached hydrogen (secondary N) is 1. The monoisotopic (exact) mass is 400 g/mol. The Hall–Kier alpha value is -2.62. The molecule has 0 aliphatic heterocycles. The molecule has 0 unspecified atom stereocenters. The highest BCUT2D eigenvalue weighted by Crippen LogP contribution is 2.60. The number of amides is 2. The molecule has 4 fully saturated rings. The molecule has 4 saturated carbocycles. The van der Waals surface area contributed by atoms with Gasteiger partial charge in [-0.05, 0) is 78.5 Å². The van der Waals surface area contributed by atoms with Crippen molar-refractivity contribution in [3.05, 3.63) is 59.7 Å². The highest BCUT2D eigenvalue weighted by molar-refractivity contribution is 5.93. The number of fused-ring (bicyclic) bond motifs is 3. The number of hydrogen-bond donors (Lipinski definition) is 2. The number of primary amides is 1. The number of hydrogen-bond acceptors (Lipinski definition) is 2. The molecule has 0 saturated heterocycles. The van der Waals surface area contributed by atoms with Crippen LogP contribution in [0.15, 0.2) is 48.5 Å². The van der Waals surface area contributed by atoms with Gasteiger partial charge in [-0.1, -0.05) is 48.5 Å². The average Bonchev–Trinajstić information content (AvgIpc) is 3.05. The molecule has 0 spiro atoms. The Kier molecular flexibility index (Phi) is 3.90. The lowest BCUT2D eigenvalue weighted by molar-refractivity contribution is -0.148. The summed E-state index contributed by atoms with van der Waals surface area (Å²) in [5, 5.41) is 3.18. The van der Waals surface area contributed by atoms with Crippen LogP contribution >= 0.6 is 0 Å². The Bertz CT molecular complexity index is 962. The van der Waals surface area contributed by atoms with Crippen molar-refractivity contribution in [2.45, 2.75) is 50.5 Å². The van der Waals surface area contributed by atoms with E-state index in [0.29, 0.717) is 17.8 Å². The number of carbonyl (C=O) groups excluding carboxylic acids is 2. The van der Waals surface area contributed by atoms with Gasteiger partial charge in [0, 0.05) is 11.3 Å². The van der Waals surface area contributed by atoms with Crippen LogP contribution in [0, 0.1) is 23.2 Å². The maximum Gasteiger partial charge on any atom is 0.240 e. The van der Waals surface area contributed by atoms with Crippen molar-refractivity contribution in [1.82, 2.24) is 5.32 Å². The molecule has 3 N–H and O–H groups in total. The first-order chi connectivity index (χ1) is 14.5. The van der Waals surface area contributed by atoms with E-state index in [1.54, 1.807) is 0 Å². The van der Waals surface area contributed by atoms with Crippen molar-refractivity contribution in [3.63, 3.8) is 0 Å². The molecule has 4 bridgehead atoms. The van der Waals surface area contributed by atoms with E-state index in [2.05, 4.69) is 29.6 Å². The zero-order chi connectivity index (χ0) is 20.5.